The van der Waals surface area contributed by atoms with E-state index in [9.17, 15) is 9.36 Å². The molecule has 1 aromatic heterocycles. The second-order valence-corrected chi connectivity index (χ2v) is 5.49. The first-order valence-electron chi connectivity index (χ1n) is 6.27. The largest absolute Gasteiger partial charge is 0.508 e. The van der Waals surface area contributed by atoms with Crippen molar-refractivity contribution < 1.29 is 33.1 Å². The van der Waals surface area contributed by atoms with E-state index >= 15 is 0 Å². The quantitative estimate of drug-likeness (QED) is 0.470. The van der Waals surface area contributed by atoms with Crippen molar-refractivity contribution in [2.45, 2.75) is 6.61 Å². The highest BCUT2D eigenvalue weighted by Gasteiger charge is 2.14. The Kier molecular flexibility index (Phi) is 5.46. The van der Waals surface area contributed by atoms with Crippen LogP contribution in [0.5, 0.6) is 0 Å². The van der Waals surface area contributed by atoms with Crippen LogP contribution in [0.3, 0.4) is 0 Å². The van der Waals surface area contributed by atoms with Gasteiger partial charge in [-0.15, -0.1) is 0 Å². The van der Waals surface area contributed by atoms with Crippen LogP contribution in [0.4, 0.5) is 4.79 Å². The van der Waals surface area contributed by atoms with Gasteiger partial charge in [0.15, 0.2) is 0 Å². The van der Waals surface area contributed by atoms with Gasteiger partial charge in [0.1, 0.15) is 13.2 Å². The number of carbonyl (C=O) groups is 1. The maximum absolute atomic E-state index is 11.3. The first kappa shape index (κ1) is 16.4. The van der Waals surface area contributed by atoms with Crippen LogP contribution in [0.25, 0.3) is 10.9 Å². The lowest BCUT2D eigenvalue weighted by atomic mass is 10.2. The Balaban J connectivity index is 1.76. The molecule has 0 spiro atoms. The highest BCUT2D eigenvalue weighted by Crippen LogP contribution is 2.35. The van der Waals surface area contributed by atoms with Crippen LogP contribution in [0, 0.1) is 0 Å². The second kappa shape index (κ2) is 7.33. The second-order valence-electron chi connectivity index (χ2n) is 4.25. The molecule has 0 bridgehead atoms. The van der Waals surface area contributed by atoms with Crippen LogP contribution in [-0.4, -0.2) is 34.1 Å². The van der Waals surface area contributed by atoms with E-state index in [1.165, 1.54) is 0 Å². The van der Waals surface area contributed by atoms with E-state index < -0.39 is 20.6 Å². The number of benzene rings is 1. The lowest BCUT2D eigenvalue weighted by Gasteiger charge is -2.07. The first-order valence-corrected chi connectivity index (χ1v) is 7.80. The highest BCUT2D eigenvalue weighted by molar-refractivity contribution is 7.46. The topological polar surface area (TPSA) is 115 Å². The fourth-order valence-corrected chi connectivity index (χ4v) is 1.97. The number of rotatable bonds is 6. The van der Waals surface area contributed by atoms with Crippen molar-refractivity contribution in [2.24, 2.45) is 0 Å². The van der Waals surface area contributed by atoms with E-state index in [1.54, 1.807) is 6.20 Å². The molecule has 0 fully saturated rings. The first-order chi connectivity index (χ1) is 10.4. The molecule has 0 atom stereocenters. The van der Waals surface area contributed by atoms with Crippen LogP contribution in [-0.2, 0) is 25.2 Å². The van der Waals surface area contributed by atoms with Gasteiger partial charge in [0.2, 0.25) is 0 Å². The van der Waals surface area contributed by atoms with Gasteiger partial charge in [0.25, 0.3) is 0 Å². The van der Waals surface area contributed by atoms with Gasteiger partial charge in [0.05, 0.1) is 12.1 Å². The molecule has 9 heteroatoms. The molecule has 22 heavy (non-hydrogen) atoms. The Labute approximate surface area is 125 Å². The fourth-order valence-electron chi connectivity index (χ4n) is 1.66. The Morgan fingerprint density at radius 1 is 1.18 bits per heavy atom. The number of pyridine rings is 1. The molecule has 2 rings (SSSR count). The summed E-state index contributed by atoms with van der Waals surface area (Å²) in [7, 11) is -4.55. The van der Waals surface area contributed by atoms with Crippen LogP contribution < -0.4 is 0 Å². The molecule has 0 unspecified atom stereocenters. The molecule has 118 valence electrons. The van der Waals surface area contributed by atoms with Crippen molar-refractivity contribution >= 4 is 24.9 Å². The molecule has 0 saturated carbocycles. The highest BCUT2D eigenvalue weighted by atomic mass is 31.2. The van der Waals surface area contributed by atoms with Gasteiger partial charge < -0.3 is 19.3 Å². The molecular formula is C13H14NO7P. The molecule has 0 radical (unpaired) electrons. The molecule has 0 aliphatic carbocycles. The van der Waals surface area contributed by atoms with Crippen molar-refractivity contribution in [1.29, 1.82) is 0 Å². The van der Waals surface area contributed by atoms with E-state index in [1.807, 2.05) is 30.3 Å². The number of fused-ring (bicyclic) bond motifs is 1. The molecule has 1 heterocycles. The monoisotopic (exact) mass is 327 g/mol. The summed E-state index contributed by atoms with van der Waals surface area (Å²) >= 11 is 0. The molecular weight excluding hydrogens is 313 g/mol. The maximum atomic E-state index is 11.3. The van der Waals surface area contributed by atoms with Gasteiger partial charge in [-0.05, 0) is 12.1 Å². The minimum Gasteiger partial charge on any atom is -0.432 e. The maximum Gasteiger partial charge on any atom is 0.508 e. The van der Waals surface area contributed by atoms with E-state index in [0.29, 0.717) is 5.56 Å². The third-order valence-corrected chi connectivity index (χ3v) is 3.09. The Bertz CT molecular complexity index is 700. The van der Waals surface area contributed by atoms with Gasteiger partial charge in [-0.1, -0.05) is 18.2 Å². The number of phosphoric acid groups is 1. The van der Waals surface area contributed by atoms with Crippen LogP contribution in [0.2, 0.25) is 0 Å². The van der Waals surface area contributed by atoms with Crippen LogP contribution in [0.15, 0.2) is 36.5 Å². The minimum atomic E-state index is -4.55. The van der Waals surface area contributed by atoms with Crippen molar-refractivity contribution in [3.8, 4) is 0 Å². The van der Waals surface area contributed by atoms with Gasteiger partial charge in [0, 0.05) is 17.1 Å². The zero-order valence-corrected chi connectivity index (χ0v) is 12.3. The molecule has 0 saturated heterocycles. The molecule has 2 N–H and O–H groups in total. The average molecular weight is 327 g/mol. The zero-order valence-electron chi connectivity index (χ0n) is 11.4. The smallest absolute Gasteiger partial charge is 0.432 e. The number of phosphoric ester groups is 1. The number of aromatic nitrogens is 1. The van der Waals surface area contributed by atoms with Crippen molar-refractivity contribution in [2.75, 3.05) is 13.2 Å². The third-order valence-electron chi connectivity index (χ3n) is 2.57. The number of ether oxygens (including phenoxy) is 2. The average Bonchev–Trinajstić information content (AvgIpc) is 2.48. The molecule has 0 aliphatic heterocycles. The van der Waals surface area contributed by atoms with Gasteiger partial charge >= 0.3 is 14.0 Å². The van der Waals surface area contributed by atoms with Crippen LogP contribution in [0.1, 0.15) is 5.56 Å². The predicted octanol–water partition coefficient (Wildman–Crippen LogP) is 2.00. The van der Waals surface area contributed by atoms with E-state index in [2.05, 4.69) is 14.2 Å². The number of hydrogen-bond donors (Lipinski definition) is 2. The predicted molar refractivity (Wildman–Crippen MR) is 75.9 cm³/mol. The normalized spacial score (nSPS) is 11.4. The van der Waals surface area contributed by atoms with Gasteiger partial charge in [-0.2, -0.15) is 0 Å². The number of para-hydroxylation sites is 1. The summed E-state index contributed by atoms with van der Waals surface area (Å²) in [5, 5.41) is 0.923. The van der Waals surface area contributed by atoms with E-state index in [0.717, 1.165) is 10.9 Å². The summed E-state index contributed by atoms with van der Waals surface area (Å²) in [6, 6.07) is 9.36. The minimum absolute atomic E-state index is 0.0178. The summed E-state index contributed by atoms with van der Waals surface area (Å²) in [5.41, 5.74) is 1.53. The molecule has 2 aromatic rings. The summed E-state index contributed by atoms with van der Waals surface area (Å²) in [6.07, 6.45) is 0.634. The molecule has 0 amide bonds. The number of nitrogens with zero attached hydrogens (tertiary/aromatic N) is 1. The van der Waals surface area contributed by atoms with Crippen molar-refractivity contribution in [1.82, 2.24) is 4.98 Å². The lowest BCUT2D eigenvalue weighted by Crippen LogP contribution is -2.11. The molecule has 1 aromatic carbocycles. The van der Waals surface area contributed by atoms with Crippen LogP contribution >= 0.6 is 7.82 Å². The Morgan fingerprint density at radius 3 is 2.73 bits per heavy atom. The summed E-state index contributed by atoms with van der Waals surface area (Å²) in [6.45, 7) is -0.757. The Morgan fingerprint density at radius 2 is 1.95 bits per heavy atom. The number of carbonyl (C=O) groups excluding carboxylic acids is 1. The van der Waals surface area contributed by atoms with E-state index in [-0.39, 0.29) is 13.2 Å². The standard InChI is InChI=1S/C13H14NO7P/c15-13(19-5-6-21-22(16,17)18)20-9-10-7-11-3-1-2-4-12(11)14-8-10/h1-4,7-8H,5-6,9H2,(H2,16,17,18). The zero-order chi connectivity index (χ0) is 16.0. The SMILES string of the molecule is O=C(OCCOP(=O)(O)O)OCc1cnc2ccccc2c1. The van der Waals surface area contributed by atoms with Crippen molar-refractivity contribution in [3.63, 3.8) is 0 Å². The number of hydrogen-bond acceptors (Lipinski definition) is 6. The summed E-state index contributed by atoms with van der Waals surface area (Å²) < 4.78 is 24.0. The molecule has 0 aliphatic rings. The Hall–Kier alpha value is -1.99. The molecule has 8 nitrogen and oxygen atoms in total. The third kappa shape index (κ3) is 5.42. The summed E-state index contributed by atoms with van der Waals surface area (Å²) in [5.74, 6) is 0. The van der Waals surface area contributed by atoms with Crippen molar-refractivity contribution in [3.05, 3.63) is 42.1 Å². The van der Waals surface area contributed by atoms with Gasteiger partial charge in [-0.25, -0.2) is 9.36 Å². The lowest BCUT2D eigenvalue weighted by molar-refractivity contribution is 0.0376. The summed E-state index contributed by atoms with van der Waals surface area (Å²) in [4.78, 5) is 32.4. The van der Waals surface area contributed by atoms with E-state index in [4.69, 9.17) is 14.5 Å². The fraction of sp³-hybridized carbons (Fsp3) is 0.231. The van der Waals surface area contributed by atoms with Gasteiger partial charge in [-0.3, -0.25) is 9.51 Å².